The molecule has 0 aliphatic carbocycles. The molecule has 0 saturated carbocycles. The summed E-state index contributed by atoms with van der Waals surface area (Å²) in [5.74, 6) is -0.204. The van der Waals surface area contributed by atoms with Crippen LogP contribution in [0.2, 0.25) is 0 Å². The number of carbonyl (C=O) groups excluding carboxylic acids is 1. The zero-order valence-electron chi connectivity index (χ0n) is 16.5. The summed E-state index contributed by atoms with van der Waals surface area (Å²) in [5, 5.41) is 5.94. The third-order valence-corrected chi connectivity index (χ3v) is 5.79. The molecule has 2 heterocycles. The van der Waals surface area contributed by atoms with Gasteiger partial charge in [-0.15, -0.1) is 0 Å². The monoisotopic (exact) mass is 443 g/mol. The molecule has 31 heavy (non-hydrogen) atoms. The lowest BCUT2D eigenvalue weighted by Gasteiger charge is -2.30. The van der Waals surface area contributed by atoms with Crippen molar-refractivity contribution in [3.8, 4) is 0 Å². The predicted octanol–water partition coefficient (Wildman–Crippen LogP) is 1.05. The van der Waals surface area contributed by atoms with E-state index in [0.717, 1.165) is 0 Å². The maximum Gasteiger partial charge on any atom is 0.340 e. The number of nitrogen functional groups attached to an aromatic ring is 1. The first-order chi connectivity index (χ1) is 14.8. The second kappa shape index (κ2) is 8.46. The summed E-state index contributed by atoms with van der Waals surface area (Å²) in [4.78, 5) is 23.2. The summed E-state index contributed by atoms with van der Waals surface area (Å²) in [6.45, 7) is 1.87. The second-order valence-corrected chi connectivity index (χ2v) is 8.50. The third-order valence-electron chi connectivity index (χ3n) is 4.88. The van der Waals surface area contributed by atoms with Gasteiger partial charge in [0.05, 0.1) is 34.9 Å². The fourth-order valence-electron chi connectivity index (χ4n) is 3.36. The van der Waals surface area contributed by atoms with Crippen molar-refractivity contribution in [3.05, 3.63) is 53.9 Å². The number of benzene rings is 2. The number of anilines is 2. The van der Waals surface area contributed by atoms with Crippen LogP contribution in [0.1, 0.15) is 16.2 Å². The Morgan fingerprint density at radius 2 is 1.87 bits per heavy atom. The highest BCUT2D eigenvalue weighted by atomic mass is 32.2. The van der Waals surface area contributed by atoms with Crippen molar-refractivity contribution >= 4 is 38.4 Å². The van der Waals surface area contributed by atoms with Crippen molar-refractivity contribution in [1.82, 2.24) is 9.97 Å². The molecule has 0 atom stereocenters. The number of sulfonamides is 1. The van der Waals surface area contributed by atoms with Crippen LogP contribution in [0.25, 0.3) is 10.9 Å². The van der Waals surface area contributed by atoms with Gasteiger partial charge in [0.15, 0.2) is 12.4 Å². The summed E-state index contributed by atoms with van der Waals surface area (Å²) in [5.41, 5.74) is 7.23. The van der Waals surface area contributed by atoms with Crippen molar-refractivity contribution in [3.63, 3.8) is 0 Å². The van der Waals surface area contributed by atoms with Crippen molar-refractivity contribution in [1.29, 1.82) is 0 Å². The highest BCUT2D eigenvalue weighted by Crippen LogP contribution is 2.26. The van der Waals surface area contributed by atoms with Crippen LogP contribution < -0.4 is 15.8 Å². The van der Waals surface area contributed by atoms with Gasteiger partial charge < -0.3 is 20.1 Å². The number of nitrogens with two attached hydrogens (primary N) is 2. The first-order valence-electron chi connectivity index (χ1n) is 9.51. The maximum atomic E-state index is 12.9. The minimum absolute atomic E-state index is 0.0854. The van der Waals surface area contributed by atoms with Crippen LogP contribution in [0.4, 0.5) is 11.5 Å². The molecule has 4 N–H and O–H groups in total. The minimum Gasteiger partial charge on any atom is -0.454 e. The summed E-state index contributed by atoms with van der Waals surface area (Å²) in [6.07, 6.45) is 0. The van der Waals surface area contributed by atoms with E-state index in [0.29, 0.717) is 42.9 Å². The molecule has 1 fully saturated rings. The molecule has 1 aliphatic rings. The number of rotatable bonds is 5. The molecule has 1 aromatic heterocycles. The normalized spacial score (nSPS) is 14.5. The van der Waals surface area contributed by atoms with Crippen LogP contribution in [0, 0.1) is 0 Å². The molecule has 1 aliphatic heterocycles. The lowest BCUT2D eigenvalue weighted by Crippen LogP contribution is -2.37. The van der Waals surface area contributed by atoms with Crippen LogP contribution in [0.3, 0.4) is 0 Å². The second-order valence-electron chi connectivity index (χ2n) is 6.94. The van der Waals surface area contributed by atoms with Crippen molar-refractivity contribution < 1.29 is 22.7 Å². The summed E-state index contributed by atoms with van der Waals surface area (Å²) >= 11 is 0. The Morgan fingerprint density at radius 1 is 1.13 bits per heavy atom. The standard InChI is InChI=1S/C20H21N5O5S/c21-19-14-3-1-2-4-16(14)23-18(24-19)12-30-20(26)15-11-13(31(22,27)28)5-6-17(15)25-7-9-29-10-8-25/h1-6,11H,7-10,12H2,(H2,21,23,24)(H2,22,27,28). The van der Waals surface area contributed by atoms with Crippen LogP contribution in [-0.4, -0.2) is 50.7 Å². The minimum atomic E-state index is -4.00. The summed E-state index contributed by atoms with van der Waals surface area (Å²) in [6, 6.07) is 11.4. The topological polar surface area (TPSA) is 151 Å². The fourth-order valence-corrected chi connectivity index (χ4v) is 3.90. The molecule has 1 saturated heterocycles. The number of hydrogen-bond donors (Lipinski definition) is 2. The van der Waals surface area contributed by atoms with Gasteiger partial charge >= 0.3 is 5.97 Å². The number of aromatic nitrogens is 2. The summed E-state index contributed by atoms with van der Waals surface area (Å²) < 4.78 is 34.3. The Balaban J connectivity index is 1.62. The van der Waals surface area contributed by atoms with Crippen molar-refractivity contribution in [2.24, 2.45) is 5.14 Å². The highest BCUT2D eigenvalue weighted by Gasteiger charge is 2.23. The van der Waals surface area contributed by atoms with Gasteiger partial charge in [-0.25, -0.2) is 28.3 Å². The Bertz CT molecular complexity index is 1240. The zero-order chi connectivity index (χ0) is 22.0. The van der Waals surface area contributed by atoms with E-state index in [1.54, 1.807) is 18.2 Å². The van der Waals surface area contributed by atoms with E-state index in [4.69, 9.17) is 20.3 Å². The Hall–Kier alpha value is -3.28. The number of nitrogens with zero attached hydrogens (tertiary/aromatic N) is 3. The van der Waals surface area contributed by atoms with Gasteiger partial charge in [0.25, 0.3) is 0 Å². The first-order valence-corrected chi connectivity index (χ1v) is 11.1. The average Bonchev–Trinajstić information content (AvgIpc) is 2.77. The van der Waals surface area contributed by atoms with Gasteiger partial charge in [-0.2, -0.15) is 0 Å². The molecular formula is C20H21N5O5S. The van der Waals surface area contributed by atoms with Gasteiger partial charge in [0.1, 0.15) is 5.82 Å². The van der Waals surface area contributed by atoms with Gasteiger partial charge in [-0.1, -0.05) is 12.1 Å². The number of ether oxygens (including phenoxy) is 2. The smallest absolute Gasteiger partial charge is 0.340 e. The van der Waals surface area contributed by atoms with Crippen LogP contribution in [0.15, 0.2) is 47.4 Å². The van der Waals surface area contributed by atoms with Crippen LogP contribution in [0.5, 0.6) is 0 Å². The molecule has 0 bridgehead atoms. The van der Waals surface area contributed by atoms with Gasteiger partial charge in [-0.05, 0) is 30.3 Å². The molecule has 11 heteroatoms. The SMILES string of the molecule is Nc1nc(COC(=O)c2cc(S(N)(=O)=O)ccc2N2CCOCC2)nc2ccccc12. The van der Waals surface area contributed by atoms with E-state index in [2.05, 4.69) is 9.97 Å². The number of hydrogen-bond acceptors (Lipinski definition) is 9. The van der Waals surface area contributed by atoms with Gasteiger partial charge in [-0.3, -0.25) is 0 Å². The molecule has 0 amide bonds. The number of esters is 1. The number of fused-ring (bicyclic) bond motifs is 1. The lowest BCUT2D eigenvalue weighted by molar-refractivity contribution is 0.0462. The van der Waals surface area contributed by atoms with Crippen molar-refractivity contribution in [2.45, 2.75) is 11.5 Å². The number of primary sulfonamides is 1. The molecular weight excluding hydrogens is 422 g/mol. The van der Waals surface area contributed by atoms with E-state index in [1.165, 1.54) is 12.1 Å². The number of morpholine rings is 1. The third kappa shape index (κ3) is 4.58. The van der Waals surface area contributed by atoms with Crippen LogP contribution in [-0.2, 0) is 26.1 Å². The van der Waals surface area contributed by atoms with E-state index in [9.17, 15) is 13.2 Å². The molecule has 162 valence electrons. The van der Waals surface area contributed by atoms with E-state index >= 15 is 0 Å². The van der Waals surface area contributed by atoms with Gasteiger partial charge in [0.2, 0.25) is 10.0 Å². The Kier molecular flexibility index (Phi) is 5.72. The lowest BCUT2D eigenvalue weighted by atomic mass is 10.1. The summed E-state index contributed by atoms with van der Waals surface area (Å²) in [7, 11) is -4.00. The van der Waals surface area contributed by atoms with E-state index in [-0.39, 0.29) is 28.7 Å². The number of carbonyl (C=O) groups is 1. The molecule has 0 radical (unpaired) electrons. The maximum absolute atomic E-state index is 12.9. The highest BCUT2D eigenvalue weighted by molar-refractivity contribution is 7.89. The fraction of sp³-hybridized carbons (Fsp3) is 0.250. The predicted molar refractivity (Wildman–Crippen MR) is 114 cm³/mol. The largest absolute Gasteiger partial charge is 0.454 e. The van der Waals surface area contributed by atoms with Crippen molar-refractivity contribution in [2.75, 3.05) is 36.9 Å². The van der Waals surface area contributed by atoms with Crippen LogP contribution >= 0.6 is 0 Å². The molecule has 4 rings (SSSR count). The molecule has 0 unspecified atom stereocenters. The van der Waals surface area contributed by atoms with E-state index in [1.807, 2.05) is 17.0 Å². The molecule has 10 nitrogen and oxygen atoms in total. The number of para-hydroxylation sites is 1. The van der Waals surface area contributed by atoms with E-state index < -0.39 is 16.0 Å². The quantitative estimate of drug-likeness (QED) is 0.551. The molecule has 3 aromatic rings. The Morgan fingerprint density at radius 3 is 2.61 bits per heavy atom. The molecule has 2 aromatic carbocycles. The molecule has 0 spiro atoms. The average molecular weight is 443 g/mol. The first kappa shape index (κ1) is 21.0. The van der Waals surface area contributed by atoms with Gasteiger partial charge in [0, 0.05) is 18.5 Å². The Labute approximate surface area is 178 Å². The zero-order valence-corrected chi connectivity index (χ0v) is 17.3.